The van der Waals surface area contributed by atoms with Crippen molar-refractivity contribution in [2.75, 3.05) is 5.32 Å². The number of nitrogens with zero attached hydrogens (tertiary/aromatic N) is 3. The molecule has 0 amide bonds. The van der Waals surface area contributed by atoms with Gasteiger partial charge in [0.15, 0.2) is 5.82 Å². The molecule has 2 aromatic rings. The van der Waals surface area contributed by atoms with Crippen LogP contribution >= 0.6 is 0 Å². The van der Waals surface area contributed by atoms with E-state index in [1.54, 1.807) is 11.6 Å². The number of aromatic nitrogens is 3. The molecule has 21 heavy (non-hydrogen) atoms. The number of aromatic carboxylic acids is 1. The standard InChI is InChI=1S/C12H11F3N4O2/c1-19-6-17-18-10(19)5-16-7-2-3-8(11(20)21)9(4-7)12(13,14)15/h2-4,6,16H,5H2,1H3,(H,20,21). The zero-order valence-electron chi connectivity index (χ0n) is 10.8. The van der Waals surface area contributed by atoms with E-state index in [9.17, 15) is 18.0 Å². The van der Waals surface area contributed by atoms with E-state index < -0.39 is 23.3 Å². The van der Waals surface area contributed by atoms with Crippen LogP contribution in [0.2, 0.25) is 0 Å². The molecule has 112 valence electrons. The lowest BCUT2D eigenvalue weighted by atomic mass is 10.1. The lowest BCUT2D eigenvalue weighted by molar-refractivity contribution is -0.138. The molecular formula is C12H11F3N4O2. The Bertz CT molecular complexity index is 667. The highest BCUT2D eigenvalue weighted by molar-refractivity contribution is 5.90. The summed E-state index contributed by atoms with van der Waals surface area (Å²) in [5.41, 5.74) is -1.83. The SMILES string of the molecule is Cn1cnnc1CNc1ccc(C(=O)O)c(C(F)(F)F)c1. The van der Waals surface area contributed by atoms with E-state index in [2.05, 4.69) is 15.5 Å². The van der Waals surface area contributed by atoms with Gasteiger partial charge in [-0.25, -0.2) is 4.79 Å². The number of carboxylic acid groups (broad SMARTS) is 1. The number of nitrogens with one attached hydrogen (secondary N) is 1. The molecule has 2 rings (SSSR count). The summed E-state index contributed by atoms with van der Waals surface area (Å²) in [7, 11) is 1.70. The van der Waals surface area contributed by atoms with Crippen LogP contribution in [-0.2, 0) is 19.8 Å². The van der Waals surface area contributed by atoms with Crippen molar-refractivity contribution < 1.29 is 23.1 Å². The van der Waals surface area contributed by atoms with Crippen LogP contribution in [0.5, 0.6) is 0 Å². The number of halogens is 3. The van der Waals surface area contributed by atoms with Crippen molar-refractivity contribution in [1.82, 2.24) is 14.8 Å². The van der Waals surface area contributed by atoms with E-state index in [0.717, 1.165) is 12.1 Å². The van der Waals surface area contributed by atoms with E-state index in [0.29, 0.717) is 5.82 Å². The van der Waals surface area contributed by atoms with Gasteiger partial charge in [-0.05, 0) is 18.2 Å². The third-order valence-electron chi connectivity index (χ3n) is 2.81. The first-order valence-corrected chi connectivity index (χ1v) is 5.80. The van der Waals surface area contributed by atoms with Gasteiger partial charge in [-0.15, -0.1) is 10.2 Å². The quantitative estimate of drug-likeness (QED) is 0.904. The second kappa shape index (κ2) is 5.43. The summed E-state index contributed by atoms with van der Waals surface area (Å²) in [5, 5.41) is 19.0. The van der Waals surface area contributed by atoms with Crippen LogP contribution in [0.25, 0.3) is 0 Å². The number of carbonyl (C=O) groups is 1. The Balaban J connectivity index is 2.26. The third-order valence-corrected chi connectivity index (χ3v) is 2.81. The highest BCUT2D eigenvalue weighted by Crippen LogP contribution is 2.33. The molecule has 0 fully saturated rings. The molecule has 1 aromatic carbocycles. The molecular weight excluding hydrogens is 289 g/mol. The lowest BCUT2D eigenvalue weighted by Crippen LogP contribution is -2.14. The van der Waals surface area contributed by atoms with Crippen molar-refractivity contribution in [1.29, 1.82) is 0 Å². The van der Waals surface area contributed by atoms with Gasteiger partial charge >= 0.3 is 12.1 Å². The predicted molar refractivity (Wildman–Crippen MR) is 66.7 cm³/mol. The van der Waals surface area contributed by atoms with Gasteiger partial charge in [-0.3, -0.25) is 0 Å². The maximum absolute atomic E-state index is 12.8. The number of hydrogen-bond donors (Lipinski definition) is 2. The van der Waals surface area contributed by atoms with Crippen molar-refractivity contribution in [2.24, 2.45) is 7.05 Å². The van der Waals surface area contributed by atoms with E-state index in [4.69, 9.17) is 5.11 Å². The Morgan fingerprint density at radius 2 is 2.14 bits per heavy atom. The average molecular weight is 300 g/mol. The molecule has 0 bridgehead atoms. The second-order valence-corrected chi connectivity index (χ2v) is 4.27. The van der Waals surface area contributed by atoms with Crippen LogP contribution in [0.15, 0.2) is 24.5 Å². The number of benzene rings is 1. The van der Waals surface area contributed by atoms with Gasteiger partial charge in [0.2, 0.25) is 0 Å². The normalized spacial score (nSPS) is 11.4. The van der Waals surface area contributed by atoms with E-state index in [-0.39, 0.29) is 12.2 Å². The van der Waals surface area contributed by atoms with Crippen LogP contribution < -0.4 is 5.32 Å². The first-order chi connectivity index (χ1) is 9.79. The van der Waals surface area contributed by atoms with Crippen LogP contribution in [0.4, 0.5) is 18.9 Å². The van der Waals surface area contributed by atoms with Gasteiger partial charge in [-0.2, -0.15) is 13.2 Å². The summed E-state index contributed by atoms with van der Waals surface area (Å²) in [6, 6.07) is 2.96. The Morgan fingerprint density at radius 3 is 2.67 bits per heavy atom. The molecule has 6 nitrogen and oxygen atoms in total. The molecule has 0 aliphatic heterocycles. The van der Waals surface area contributed by atoms with Crippen molar-refractivity contribution in [3.05, 3.63) is 41.5 Å². The van der Waals surface area contributed by atoms with Crippen molar-refractivity contribution in [3.63, 3.8) is 0 Å². The molecule has 0 saturated heterocycles. The van der Waals surface area contributed by atoms with Crippen LogP contribution in [0, 0.1) is 0 Å². The zero-order chi connectivity index (χ0) is 15.6. The van der Waals surface area contributed by atoms with Crippen LogP contribution in [-0.4, -0.2) is 25.8 Å². The van der Waals surface area contributed by atoms with E-state index >= 15 is 0 Å². The van der Waals surface area contributed by atoms with E-state index in [1.165, 1.54) is 12.4 Å². The summed E-state index contributed by atoms with van der Waals surface area (Å²) in [5.74, 6) is -1.09. The Hall–Kier alpha value is -2.58. The smallest absolute Gasteiger partial charge is 0.417 e. The highest BCUT2D eigenvalue weighted by Gasteiger charge is 2.35. The second-order valence-electron chi connectivity index (χ2n) is 4.27. The number of rotatable bonds is 4. The van der Waals surface area contributed by atoms with E-state index in [1.807, 2.05) is 0 Å². The fraction of sp³-hybridized carbons (Fsp3) is 0.250. The summed E-state index contributed by atoms with van der Waals surface area (Å²) in [6.07, 6.45) is -3.28. The first kappa shape index (κ1) is 14.8. The summed E-state index contributed by atoms with van der Waals surface area (Å²) in [6.45, 7) is 0.167. The minimum Gasteiger partial charge on any atom is -0.478 e. The van der Waals surface area contributed by atoms with Crippen LogP contribution in [0.1, 0.15) is 21.7 Å². The van der Waals surface area contributed by atoms with Gasteiger partial charge in [-0.1, -0.05) is 0 Å². The fourth-order valence-electron chi connectivity index (χ4n) is 1.72. The molecule has 0 atom stereocenters. The summed E-state index contributed by atoms with van der Waals surface area (Å²) >= 11 is 0. The summed E-state index contributed by atoms with van der Waals surface area (Å²) < 4.78 is 40.2. The molecule has 0 aliphatic rings. The maximum Gasteiger partial charge on any atom is 0.417 e. The molecule has 9 heteroatoms. The number of carboxylic acids is 1. The topological polar surface area (TPSA) is 80.0 Å². The minimum absolute atomic E-state index is 0.148. The highest BCUT2D eigenvalue weighted by atomic mass is 19.4. The van der Waals surface area contributed by atoms with Crippen molar-refractivity contribution in [2.45, 2.75) is 12.7 Å². The number of aryl methyl sites for hydroxylation is 1. The third kappa shape index (κ3) is 3.30. The lowest BCUT2D eigenvalue weighted by Gasteiger charge is -2.13. The summed E-state index contributed by atoms with van der Waals surface area (Å²) in [4.78, 5) is 10.8. The van der Waals surface area contributed by atoms with Gasteiger partial charge in [0, 0.05) is 12.7 Å². The number of alkyl halides is 3. The maximum atomic E-state index is 12.8. The van der Waals surface area contributed by atoms with Gasteiger partial charge in [0.25, 0.3) is 0 Å². The molecule has 0 radical (unpaired) electrons. The Morgan fingerprint density at radius 1 is 1.43 bits per heavy atom. The van der Waals surface area contributed by atoms with Gasteiger partial charge in [0.05, 0.1) is 17.7 Å². The largest absolute Gasteiger partial charge is 0.478 e. The van der Waals surface area contributed by atoms with Gasteiger partial charge < -0.3 is 15.0 Å². The zero-order valence-corrected chi connectivity index (χ0v) is 10.8. The fourth-order valence-corrected chi connectivity index (χ4v) is 1.72. The molecule has 1 heterocycles. The predicted octanol–water partition coefficient (Wildman–Crippen LogP) is 2.14. The Labute approximate surface area is 117 Å². The molecule has 2 N–H and O–H groups in total. The van der Waals surface area contributed by atoms with Crippen molar-refractivity contribution in [3.8, 4) is 0 Å². The van der Waals surface area contributed by atoms with Gasteiger partial charge in [0.1, 0.15) is 6.33 Å². The minimum atomic E-state index is -4.74. The molecule has 0 unspecified atom stereocenters. The molecule has 0 spiro atoms. The molecule has 0 aliphatic carbocycles. The molecule has 1 aromatic heterocycles. The number of anilines is 1. The molecule has 0 saturated carbocycles. The van der Waals surface area contributed by atoms with Crippen LogP contribution in [0.3, 0.4) is 0 Å². The van der Waals surface area contributed by atoms with Crippen molar-refractivity contribution >= 4 is 11.7 Å². The first-order valence-electron chi connectivity index (χ1n) is 5.80. The number of hydrogen-bond acceptors (Lipinski definition) is 4. The average Bonchev–Trinajstić information content (AvgIpc) is 2.80. The monoisotopic (exact) mass is 300 g/mol. The Kier molecular flexibility index (Phi) is 3.83.